The summed E-state index contributed by atoms with van der Waals surface area (Å²) >= 11 is 0. The van der Waals surface area contributed by atoms with Crippen LogP contribution in [-0.4, -0.2) is 19.3 Å². The number of rotatable bonds is 5. The Balaban J connectivity index is 2.94. The van der Waals surface area contributed by atoms with Crippen molar-refractivity contribution in [2.24, 2.45) is 11.3 Å². The van der Waals surface area contributed by atoms with Crippen LogP contribution in [0.25, 0.3) is 0 Å². The van der Waals surface area contributed by atoms with Crippen LogP contribution in [0.4, 0.5) is 0 Å². The molecule has 108 valence electrons. The van der Waals surface area contributed by atoms with Crippen LogP contribution in [0.3, 0.4) is 0 Å². The van der Waals surface area contributed by atoms with E-state index in [4.69, 9.17) is 9.47 Å². The van der Waals surface area contributed by atoms with E-state index in [1.54, 1.807) is 14.2 Å². The third kappa shape index (κ3) is 4.13. The Kier molecular flexibility index (Phi) is 5.24. The number of aliphatic hydroxyl groups excluding tert-OH is 1. The van der Waals surface area contributed by atoms with E-state index in [1.165, 1.54) is 0 Å². The van der Waals surface area contributed by atoms with Gasteiger partial charge in [-0.3, -0.25) is 0 Å². The van der Waals surface area contributed by atoms with E-state index in [0.29, 0.717) is 18.1 Å². The van der Waals surface area contributed by atoms with Crippen molar-refractivity contribution in [1.29, 1.82) is 0 Å². The summed E-state index contributed by atoms with van der Waals surface area (Å²) in [6.07, 6.45) is 0.159. The molecule has 0 amide bonds. The molecule has 2 unspecified atom stereocenters. The van der Waals surface area contributed by atoms with Gasteiger partial charge in [0.05, 0.1) is 20.3 Å². The molecule has 0 aromatic heterocycles. The minimum Gasteiger partial charge on any atom is -0.497 e. The molecular weight excluding hydrogens is 240 g/mol. The first-order valence-corrected chi connectivity index (χ1v) is 6.69. The van der Waals surface area contributed by atoms with Crippen LogP contribution in [0.2, 0.25) is 0 Å². The lowest BCUT2D eigenvalue weighted by molar-refractivity contribution is 0.108. The minimum absolute atomic E-state index is 0.174. The van der Waals surface area contributed by atoms with Crippen molar-refractivity contribution in [3.05, 3.63) is 23.8 Å². The monoisotopic (exact) mass is 266 g/mol. The number of hydrogen-bond donors (Lipinski definition) is 1. The van der Waals surface area contributed by atoms with Crippen LogP contribution in [0, 0.1) is 11.3 Å². The summed E-state index contributed by atoms with van der Waals surface area (Å²) in [6.45, 7) is 8.73. The lowest BCUT2D eigenvalue weighted by atomic mass is 9.78. The van der Waals surface area contributed by atoms with Gasteiger partial charge in [-0.25, -0.2) is 0 Å². The van der Waals surface area contributed by atoms with Gasteiger partial charge in [0.25, 0.3) is 0 Å². The second kappa shape index (κ2) is 6.29. The zero-order chi connectivity index (χ0) is 14.6. The quantitative estimate of drug-likeness (QED) is 0.880. The van der Waals surface area contributed by atoms with Gasteiger partial charge in [0, 0.05) is 5.56 Å². The molecule has 0 heterocycles. The van der Waals surface area contributed by atoms with E-state index in [2.05, 4.69) is 27.7 Å². The van der Waals surface area contributed by atoms with E-state index in [1.807, 2.05) is 18.2 Å². The summed E-state index contributed by atoms with van der Waals surface area (Å²) in [5.74, 6) is 1.84. The molecular formula is C16H26O3. The molecule has 1 rings (SSSR count). The first-order valence-electron chi connectivity index (χ1n) is 6.69. The SMILES string of the molecule is COc1ccc(OC)c(C(O)CC(C)C(C)(C)C)c1. The molecule has 0 saturated carbocycles. The second-order valence-electron chi connectivity index (χ2n) is 6.13. The largest absolute Gasteiger partial charge is 0.497 e. The summed E-state index contributed by atoms with van der Waals surface area (Å²) in [5, 5.41) is 10.5. The fourth-order valence-corrected chi connectivity index (χ4v) is 1.92. The summed E-state index contributed by atoms with van der Waals surface area (Å²) in [7, 11) is 3.24. The van der Waals surface area contributed by atoms with Crippen molar-refractivity contribution in [3.63, 3.8) is 0 Å². The first-order chi connectivity index (χ1) is 8.79. The molecule has 0 aliphatic rings. The lowest BCUT2D eigenvalue weighted by Crippen LogP contribution is -2.20. The highest BCUT2D eigenvalue weighted by atomic mass is 16.5. The van der Waals surface area contributed by atoms with Gasteiger partial charge in [-0.2, -0.15) is 0 Å². The predicted molar refractivity (Wildman–Crippen MR) is 77.7 cm³/mol. The van der Waals surface area contributed by atoms with Crippen molar-refractivity contribution in [2.45, 2.75) is 40.2 Å². The molecule has 0 bridgehead atoms. The topological polar surface area (TPSA) is 38.7 Å². The Bertz CT molecular complexity index is 407. The maximum atomic E-state index is 10.5. The van der Waals surface area contributed by atoms with Gasteiger partial charge < -0.3 is 14.6 Å². The highest BCUT2D eigenvalue weighted by Gasteiger charge is 2.25. The third-order valence-corrected chi connectivity index (χ3v) is 3.85. The van der Waals surface area contributed by atoms with Gasteiger partial charge in [0.1, 0.15) is 11.5 Å². The van der Waals surface area contributed by atoms with Gasteiger partial charge >= 0.3 is 0 Å². The van der Waals surface area contributed by atoms with Crippen LogP contribution in [0.5, 0.6) is 11.5 Å². The Labute approximate surface area is 116 Å². The molecule has 3 nitrogen and oxygen atoms in total. The van der Waals surface area contributed by atoms with Crippen molar-refractivity contribution in [1.82, 2.24) is 0 Å². The van der Waals surface area contributed by atoms with E-state index in [9.17, 15) is 5.11 Å². The van der Waals surface area contributed by atoms with Crippen LogP contribution in [0.15, 0.2) is 18.2 Å². The van der Waals surface area contributed by atoms with Crippen molar-refractivity contribution >= 4 is 0 Å². The van der Waals surface area contributed by atoms with Gasteiger partial charge in [0.15, 0.2) is 0 Å². The van der Waals surface area contributed by atoms with E-state index < -0.39 is 6.10 Å². The Hall–Kier alpha value is -1.22. The summed E-state index contributed by atoms with van der Waals surface area (Å²) in [4.78, 5) is 0. The maximum absolute atomic E-state index is 10.5. The standard InChI is InChI=1S/C16H26O3/c1-11(16(2,3)4)9-14(17)13-10-12(18-5)7-8-15(13)19-6/h7-8,10-11,14,17H,9H2,1-6H3. The molecule has 1 aromatic rings. The van der Waals surface area contributed by atoms with Crippen molar-refractivity contribution in [3.8, 4) is 11.5 Å². The van der Waals surface area contributed by atoms with Crippen molar-refractivity contribution in [2.75, 3.05) is 14.2 Å². The molecule has 0 aliphatic carbocycles. The predicted octanol–water partition coefficient (Wildman–Crippen LogP) is 3.81. The zero-order valence-electron chi connectivity index (χ0n) is 12.9. The van der Waals surface area contributed by atoms with E-state index in [0.717, 1.165) is 11.3 Å². The maximum Gasteiger partial charge on any atom is 0.124 e. The first kappa shape index (κ1) is 15.8. The molecule has 1 N–H and O–H groups in total. The average molecular weight is 266 g/mol. The normalized spacial score (nSPS) is 14.9. The molecule has 3 heteroatoms. The molecule has 0 fully saturated rings. The van der Waals surface area contributed by atoms with Gasteiger partial charge in [-0.1, -0.05) is 27.7 Å². The average Bonchev–Trinajstić information content (AvgIpc) is 2.36. The second-order valence-corrected chi connectivity index (χ2v) is 6.13. The number of hydrogen-bond acceptors (Lipinski definition) is 3. The number of methoxy groups -OCH3 is 2. The summed E-state index contributed by atoms with van der Waals surface area (Å²) in [5.41, 5.74) is 0.963. The Morgan fingerprint density at radius 1 is 1.16 bits per heavy atom. The molecule has 0 radical (unpaired) electrons. The number of benzene rings is 1. The van der Waals surface area contributed by atoms with Gasteiger partial charge in [0.2, 0.25) is 0 Å². The van der Waals surface area contributed by atoms with Crippen molar-refractivity contribution < 1.29 is 14.6 Å². The van der Waals surface area contributed by atoms with Gasteiger partial charge in [-0.05, 0) is 36.0 Å². The minimum atomic E-state index is -0.542. The molecule has 0 saturated heterocycles. The Morgan fingerprint density at radius 3 is 2.26 bits per heavy atom. The van der Waals surface area contributed by atoms with E-state index >= 15 is 0 Å². The fraction of sp³-hybridized carbons (Fsp3) is 0.625. The number of ether oxygens (including phenoxy) is 2. The summed E-state index contributed by atoms with van der Waals surface area (Å²) < 4.78 is 10.5. The Morgan fingerprint density at radius 2 is 1.79 bits per heavy atom. The highest BCUT2D eigenvalue weighted by Crippen LogP contribution is 2.37. The molecule has 0 aliphatic heterocycles. The van der Waals surface area contributed by atoms with Gasteiger partial charge in [-0.15, -0.1) is 0 Å². The summed E-state index contributed by atoms with van der Waals surface area (Å²) in [6, 6.07) is 5.51. The molecule has 1 aromatic carbocycles. The zero-order valence-corrected chi connectivity index (χ0v) is 12.9. The van der Waals surface area contributed by atoms with Crippen LogP contribution in [0.1, 0.15) is 45.8 Å². The smallest absolute Gasteiger partial charge is 0.124 e. The number of aliphatic hydroxyl groups is 1. The lowest BCUT2D eigenvalue weighted by Gasteiger charge is -2.29. The molecule has 0 spiro atoms. The van der Waals surface area contributed by atoms with Crippen LogP contribution in [-0.2, 0) is 0 Å². The molecule has 2 atom stereocenters. The molecule has 19 heavy (non-hydrogen) atoms. The van der Waals surface area contributed by atoms with E-state index in [-0.39, 0.29) is 5.41 Å². The third-order valence-electron chi connectivity index (χ3n) is 3.85. The highest BCUT2D eigenvalue weighted by molar-refractivity contribution is 5.41. The van der Waals surface area contributed by atoms with Crippen LogP contribution < -0.4 is 9.47 Å². The fourth-order valence-electron chi connectivity index (χ4n) is 1.92. The van der Waals surface area contributed by atoms with Crippen LogP contribution >= 0.6 is 0 Å².